The van der Waals surface area contributed by atoms with E-state index in [9.17, 15) is 0 Å². The zero-order valence-electron chi connectivity index (χ0n) is 11.3. The van der Waals surface area contributed by atoms with Crippen LogP contribution in [0.1, 0.15) is 30.5 Å². The number of nitrogens with one attached hydrogen (secondary N) is 1. The lowest BCUT2D eigenvalue weighted by molar-refractivity contribution is 0.00205. The number of hydrogen-bond acceptors (Lipinski definition) is 2. The lowest BCUT2D eigenvalue weighted by Crippen LogP contribution is -2.21. The number of rotatable bonds is 6. The minimum absolute atomic E-state index is 0.0449. The van der Waals surface area contributed by atoms with Gasteiger partial charge in [0, 0.05) is 10.0 Å². The summed E-state index contributed by atoms with van der Waals surface area (Å²) in [7, 11) is 0. The Bertz CT molecular complexity index is 545. The largest absolute Gasteiger partial charge is 0.296 e. The average Bonchev–Trinajstić information content (AvgIpc) is 2.46. The summed E-state index contributed by atoms with van der Waals surface area (Å²) in [5, 5.41) is 1.29. The summed E-state index contributed by atoms with van der Waals surface area (Å²) in [4.78, 5) is 5.57. The van der Waals surface area contributed by atoms with Gasteiger partial charge in [0.05, 0.1) is 12.6 Å². The van der Waals surface area contributed by atoms with Crippen LogP contribution in [-0.2, 0) is 11.4 Å². The summed E-state index contributed by atoms with van der Waals surface area (Å²) >= 11 is 12.1. The van der Waals surface area contributed by atoms with E-state index in [4.69, 9.17) is 28.0 Å². The van der Waals surface area contributed by atoms with Crippen molar-refractivity contribution in [2.24, 2.45) is 0 Å². The maximum absolute atomic E-state index is 6.22. The van der Waals surface area contributed by atoms with Crippen molar-refractivity contribution < 1.29 is 4.84 Å². The van der Waals surface area contributed by atoms with Gasteiger partial charge < -0.3 is 0 Å². The zero-order valence-corrected chi connectivity index (χ0v) is 12.8. The van der Waals surface area contributed by atoms with E-state index < -0.39 is 0 Å². The van der Waals surface area contributed by atoms with Crippen LogP contribution in [0.4, 0.5) is 0 Å². The highest BCUT2D eigenvalue weighted by Gasteiger charge is 2.13. The van der Waals surface area contributed by atoms with E-state index in [1.54, 1.807) is 6.07 Å². The number of hydrogen-bond donors (Lipinski definition) is 1. The van der Waals surface area contributed by atoms with E-state index in [1.807, 2.05) is 42.5 Å². The molecule has 0 aromatic heterocycles. The highest BCUT2D eigenvalue weighted by molar-refractivity contribution is 6.35. The van der Waals surface area contributed by atoms with Gasteiger partial charge in [0.2, 0.25) is 0 Å². The molecule has 0 amide bonds. The Kier molecular flexibility index (Phi) is 5.86. The van der Waals surface area contributed by atoms with Gasteiger partial charge in [0.15, 0.2) is 0 Å². The van der Waals surface area contributed by atoms with Gasteiger partial charge in [-0.25, -0.2) is 0 Å². The summed E-state index contributed by atoms with van der Waals surface area (Å²) in [6.07, 6.45) is 0.871. The summed E-state index contributed by atoms with van der Waals surface area (Å²) in [6.45, 7) is 2.59. The van der Waals surface area contributed by atoms with Gasteiger partial charge >= 0.3 is 0 Å². The minimum atomic E-state index is 0.0449. The molecule has 0 fully saturated rings. The predicted octanol–water partition coefficient (Wildman–Crippen LogP) is 5.17. The summed E-state index contributed by atoms with van der Waals surface area (Å²) in [6, 6.07) is 15.6. The Labute approximate surface area is 129 Å². The first-order valence-corrected chi connectivity index (χ1v) is 7.32. The van der Waals surface area contributed by atoms with Gasteiger partial charge in [0.25, 0.3) is 0 Å². The molecule has 2 aromatic carbocycles. The molecule has 0 bridgehead atoms. The van der Waals surface area contributed by atoms with Crippen molar-refractivity contribution in [1.82, 2.24) is 5.48 Å². The molecule has 1 N–H and O–H groups in total. The van der Waals surface area contributed by atoms with Crippen LogP contribution < -0.4 is 5.48 Å². The quantitative estimate of drug-likeness (QED) is 0.744. The van der Waals surface area contributed by atoms with Crippen LogP contribution >= 0.6 is 23.2 Å². The number of benzene rings is 2. The van der Waals surface area contributed by atoms with Gasteiger partial charge in [0.1, 0.15) is 0 Å². The zero-order chi connectivity index (χ0) is 14.4. The highest BCUT2D eigenvalue weighted by atomic mass is 35.5. The number of halogens is 2. The molecule has 0 spiro atoms. The van der Waals surface area contributed by atoms with Gasteiger partial charge in [-0.2, -0.15) is 5.48 Å². The fourth-order valence-electron chi connectivity index (χ4n) is 1.95. The molecule has 0 radical (unpaired) electrons. The van der Waals surface area contributed by atoms with Gasteiger partial charge in [-0.15, -0.1) is 0 Å². The normalized spacial score (nSPS) is 12.3. The Morgan fingerprint density at radius 3 is 2.50 bits per heavy atom. The Morgan fingerprint density at radius 1 is 1.10 bits per heavy atom. The molecule has 20 heavy (non-hydrogen) atoms. The van der Waals surface area contributed by atoms with Crippen LogP contribution in [0, 0.1) is 0 Å². The lowest BCUT2D eigenvalue weighted by Gasteiger charge is -2.18. The maximum atomic E-state index is 6.22. The fraction of sp³-hybridized carbons (Fsp3) is 0.250. The van der Waals surface area contributed by atoms with Crippen LogP contribution in [0.15, 0.2) is 48.5 Å². The third kappa shape index (κ3) is 4.22. The topological polar surface area (TPSA) is 21.3 Å². The molecule has 2 rings (SSSR count). The predicted molar refractivity (Wildman–Crippen MR) is 83.9 cm³/mol. The highest BCUT2D eigenvalue weighted by Crippen LogP contribution is 2.28. The molecule has 106 valence electrons. The molecule has 4 heteroatoms. The molecular formula is C16H17Cl2NO. The second-order valence-corrected chi connectivity index (χ2v) is 5.36. The SMILES string of the molecule is CCC(NOCc1ccccc1)c1ccc(Cl)cc1Cl. The smallest absolute Gasteiger partial charge is 0.0933 e. The van der Waals surface area contributed by atoms with Crippen LogP contribution in [0.2, 0.25) is 10.0 Å². The number of hydroxylamine groups is 1. The molecule has 0 saturated carbocycles. The second kappa shape index (κ2) is 7.65. The fourth-order valence-corrected chi connectivity index (χ4v) is 2.49. The third-order valence-electron chi connectivity index (χ3n) is 3.05. The first kappa shape index (κ1) is 15.3. The van der Waals surface area contributed by atoms with E-state index in [1.165, 1.54) is 0 Å². The summed E-state index contributed by atoms with van der Waals surface area (Å²) in [5.74, 6) is 0. The molecule has 1 unspecified atom stereocenters. The summed E-state index contributed by atoms with van der Waals surface area (Å²) < 4.78 is 0. The van der Waals surface area contributed by atoms with Crippen LogP contribution in [0.5, 0.6) is 0 Å². The Morgan fingerprint density at radius 2 is 1.85 bits per heavy atom. The second-order valence-electron chi connectivity index (χ2n) is 4.52. The van der Waals surface area contributed by atoms with E-state index in [-0.39, 0.29) is 6.04 Å². The van der Waals surface area contributed by atoms with Crippen molar-refractivity contribution in [3.8, 4) is 0 Å². The van der Waals surface area contributed by atoms with Crippen LogP contribution in [0.25, 0.3) is 0 Å². The van der Waals surface area contributed by atoms with Gasteiger partial charge in [-0.05, 0) is 29.7 Å². The molecule has 1 atom stereocenters. The van der Waals surface area contributed by atoms with E-state index >= 15 is 0 Å². The van der Waals surface area contributed by atoms with Crippen molar-refractivity contribution in [2.75, 3.05) is 0 Å². The van der Waals surface area contributed by atoms with Crippen molar-refractivity contribution in [2.45, 2.75) is 26.0 Å². The maximum Gasteiger partial charge on any atom is 0.0933 e. The molecule has 2 aromatic rings. The van der Waals surface area contributed by atoms with E-state index in [2.05, 4.69) is 12.4 Å². The first-order chi connectivity index (χ1) is 9.70. The van der Waals surface area contributed by atoms with Gasteiger partial charge in [-0.1, -0.05) is 66.5 Å². The van der Waals surface area contributed by atoms with E-state index in [0.29, 0.717) is 16.7 Å². The molecule has 0 aliphatic rings. The lowest BCUT2D eigenvalue weighted by atomic mass is 10.1. The van der Waals surface area contributed by atoms with Crippen molar-refractivity contribution in [3.05, 3.63) is 69.7 Å². The standard InChI is InChI=1S/C16H17Cl2NO/c1-2-16(14-9-8-13(17)10-15(14)18)19-20-11-12-6-4-3-5-7-12/h3-10,16,19H,2,11H2,1H3. The van der Waals surface area contributed by atoms with Gasteiger partial charge in [-0.3, -0.25) is 4.84 Å². The first-order valence-electron chi connectivity index (χ1n) is 6.57. The molecular weight excluding hydrogens is 293 g/mol. The van der Waals surface area contributed by atoms with Crippen LogP contribution in [0.3, 0.4) is 0 Å². The molecule has 0 saturated heterocycles. The third-order valence-corrected chi connectivity index (χ3v) is 3.62. The van der Waals surface area contributed by atoms with Crippen molar-refractivity contribution >= 4 is 23.2 Å². The van der Waals surface area contributed by atoms with Crippen molar-refractivity contribution in [3.63, 3.8) is 0 Å². The minimum Gasteiger partial charge on any atom is -0.296 e. The average molecular weight is 310 g/mol. The Hall–Kier alpha value is -1.06. The Balaban J connectivity index is 1.95. The van der Waals surface area contributed by atoms with Crippen LogP contribution in [-0.4, -0.2) is 0 Å². The monoisotopic (exact) mass is 309 g/mol. The molecule has 0 aliphatic heterocycles. The van der Waals surface area contributed by atoms with E-state index in [0.717, 1.165) is 17.5 Å². The van der Waals surface area contributed by atoms with Crippen molar-refractivity contribution in [1.29, 1.82) is 0 Å². The molecule has 2 nitrogen and oxygen atoms in total. The summed E-state index contributed by atoms with van der Waals surface area (Å²) in [5.41, 5.74) is 5.18. The molecule has 0 aliphatic carbocycles. The molecule has 0 heterocycles.